The Morgan fingerprint density at radius 3 is 3.00 bits per heavy atom. The van der Waals surface area contributed by atoms with Gasteiger partial charge in [-0.2, -0.15) is 15.4 Å². The van der Waals surface area contributed by atoms with Crippen LogP contribution in [-0.4, -0.2) is 41.1 Å². The summed E-state index contributed by atoms with van der Waals surface area (Å²) in [6.45, 7) is 6.04. The SMILES string of the molecule is CC(C)CCOCCNC(=O)c1cn[nH]n1. The van der Waals surface area contributed by atoms with E-state index in [0.717, 1.165) is 13.0 Å². The predicted molar refractivity (Wildman–Crippen MR) is 59.0 cm³/mol. The van der Waals surface area contributed by atoms with Crippen LogP contribution in [0.25, 0.3) is 0 Å². The molecule has 0 aromatic carbocycles. The number of carbonyl (C=O) groups is 1. The first-order valence-corrected chi connectivity index (χ1v) is 5.42. The third kappa shape index (κ3) is 4.88. The lowest BCUT2D eigenvalue weighted by molar-refractivity contribution is 0.0901. The molecule has 6 nitrogen and oxygen atoms in total. The van der Waals surface area contributed by atoms with E-state index >= 15 is 0 Å². The van der Waals surface area contributed by atoms with Crippen molar-refractivity contribution < 1.29 is 9.53 Å². The van der Waals surface area contributed by atoms with Gasteiger partial charge < -0.3 is 10.1 Å². The summed E-state index contributed by atoms with van der Waals surface area (Å²) in [5, 5.41) is 12.3. The van der Waals surface area contributed by atoms with Crippen LogP contribution in [0.3, 0.4) is 0 Å². The number of ether oxygens (including phenoxy) is 1. The van der Waals surface area contributed by atoms with Gasteiger partial charge in [0.15, 0.2) is 5.69 Å². The third-order valence-electron chi connectivity index (χ3n) is 2.02. The number of rotatable bonds is 7. The first-order valence-electron chi connectivity index (χ1n) is 5.42. The Kier molecular flexibility index (Phi) is 5.49. The summed E-state index contributed by atoms with van der Waals surface area (Å²) in [7, 11) is 0. The summed E-state index contributed by atoms with van der Waals surface area (Å²) in [4.78, 5) is 11.4. The lowest BCUT2D eigenvalue weighted by Crippen LogP contribution is -2.27. The van der Waals surface area contributed by atoms with Crippen molar-refractivity contribution in [2.24, 2.45) is 5.92 Å². The van der Waals surface area contributed by atoms with Crippen LogP contribution < -0.4 is 5.32 Å². The zero-order valence-corrected chi connectivity index (χ0v) is 9.69. The molecule has 0 aliphatic heterocycles. The molecule has 0 bridgehead atoms. The highest BCUT2D eigenvalue weighted by Gasteiger charge is 2.06. The normalized spacial score (nSPS) is 10.7. The van der Waals surface area contributed by atoms with Gasteiger partial charge in [-0.25, -0.2) is 0 Å². The van der Waals surface area contributed by atoms with Gasteiger partial charge in [-0.1, -0.05) is 13.8 Å². The molecule has 0 fully saturated rings. The number of hydrogen-bond donors (Lipinski definition) is 2. The average Bonchev–Trinajstić information content (AvgIpc) is 2.75. The number of carbonyl (C=O) groups excluding carboxylic acids is 1. The summed E-state index contributed by atoms with van der Waals surface area (Å²) in [5.74, 6) is 0.408. The number of amides is 1. The van der Waals surface area contributed by atoms with Crippen LogP contribution in [0.15, 0.2) is 6.20 Å². The molecule has 2 N–H and O–H groups in total. The van der Waals surface area contributed by atoms with E-state index in [1.165, 1.54) is 6.20 Å². The van der Waals surface area contributed by atoms with E-state index in [9.17, 15) is 4.79 Å². The Balaban J connectivity index is 2.01. The monoisotopic (exact) mass is 226 g/mol. The number of aromatic nitrogens is 3. The highest BCUT2D eigenvalue weighted by Crippen LogP contribution is 1.98. The minimum Gasteiger partial charge on any atom is -0.380 e. The van der Waals surface area contributed by atoms with Crippen molar-refractivity contribution in [3.63, 3.8) is 0 Å². The van der Waals surface area contributed by atoms with Gasteiger partial charge in [-0.15, -0.1) is 0 Å². The molecule has 0 aliphatic rings. The van der Waals surface area contributed by atoms with E-state index in [1.54, 1.807) is 0 Å². The summed E-state index contributed by atoms with van der Waals surface area (Å²) in [6.07, 6.45) is 2.42. The largest absolute Gasteiger partial charge is 0.380 e. The first-order chi connectivity index (χ1) is 7.70. The molecular weight excluding hydrogens is 208 g/mol. The molecule has 90 valence electrons. The maximum absolute atomic E-state index is 11.4. The van der Waals surface area contributed by atoms with E-state index in [0.29, 0.717) is 24.8 Å². The third-order valence-corrected chi connectivity index (χ3v) is 2.02. The smallest absolute Gasteiger partial charge is 0.273 e. The highest BCUT2D eigenvalue weighted by atomic mass is 16.5. The molecule has 1 rings (SSSR count). The summed E-state index contributed by atoms with van der Waals surface area (Å²) < 4.78 is 5.35. The molecule has 0 saturated carbocycles. The number of H-pyrrole nitrogens is 1. The van der Waals surface area contributed by atoms with E-state index < -0.39 is 0 Å². The van der Waals surface area contributed by atoms with Crippen molar-refractivity contribution >= 4 is 5.91 Å². The second-order valence-corrected chi connectivity index (χ2v) is 3.91. The van der Waals surface area contributed by atoms with E-state index in [1.807, 2.05) is 0 Å². The second kappa shape index (κ2) is 6.95. The van der Waals surface area contributed by atoms with Crippen LogP contribution in [0.4, 0.5) is 0 Å². The van der Waals surface area contributed by atoms with Crippen molar-refractivity contribution in [2.75, 3.05) is 19.8 Å². The van der Waals surface area contributed by atoms with Gasteiger partial charge >= 0.3 is 0 Å². The van der Waals surface area contributed by atoms with Gasteiger partial charge in [-0.3, -0.25) is 4.79 Å². The Morgan fingerprint density at radius 2 is 2.38 bits per heavy atom. The Hall–Kier alpha value is -1.43. The predicted octanol–water partition coefficient (Wildman–Crippen LogP) is 0.597. The molecule has 0 atom stereocenters. The molecule has 6 heteroatoms. The van der Waals surface area contributed by atoms with Crippen LogP contribution in [0.5, 0.6) is 0 Å². The number of nitrogens with zero attached hydrogens (tertiary/aromatic N) is 2. The molecule has 1 aromatic rings. The molecule has 1 heterocycles. The molecule has 1 amide bonds. The van der Waals surface area contributed by atoms with Gasteiger partial charge in [0.05, 0.1) is 12.8 Å². The number of aromatic amines is 1. The Morgan fingerprint density at radius 1 is 1.56 bits per heavy atom. The molecule has 1 aromatic heterocycles. The number of nitrogens with one attached hydrogen (secondary N) is 2. The van der Waals surface area contributed by atoms with Crippen molar-refractivity contribution in [3.05, 3.63) is 11.9 Å². The molecule has 0 aliphatic carbocycles. The highest BCUT2D eigenvalue weighted by molar-refractivity contribution is 5.91. The van der Waals surface area contributed by atoms with Crippen molar-refractivity contribution in [2.45, 2.75) is 20.3 Å². The fraction of sp³-hybridized carbons (Fsp3) is 0.700. The van der Waals surface area contributed by atoms with Crippen LogP contribution in [0.1, 0.15) is 30.8 Å². The maximum Gasteiger partial charge on any atom is 0.273 e. The van der Waals surface area contributed by atoms with Gasteiger partial charge in [0.2, 0.25) is 0 Å². The first kappa shape index (κ1) is 12.6. The van der Waals surface area contributed by atoms with Gasteiger partial charge in [-0.05, 0) is 12.3 Å². The molecule has 0 radical (unpaired) electrons. The van der Waals surface area contributed by atoms with E-state index in [4.69, 9.17) is 4.74 Å². The van der Waals surface area contributed by atoms with Crippen LogP contribution in [0, 0.1) is 5.92 Å². The van der Waals surface area contributed by atoms with Crippen LogP contribution in [0.2, 0.25) is 0 Å². The fourth-order valence-corrected chi connectivity index (χ4v) is 1.06. The maximum atomic E-state index is 11.4. The van der Waals surface area contributed by atoms with Crippen LogP contribution in [-0.2, 0) is 4.74 Å². The molecule has 0 saturated heterocycles. The summed E-state index contributed by atoms with van der Waals surface area (Å²) in [6, 6.07) is 0. The number of hydrogen-bond acceptors (Lipinski definition) is 4. The average molecular weight is 226 g/mol. The standard InChI is InChI=1S/C10H18N4O2/c1-8(2)3-5-16-6-4-11-10(15)9-7-12-14-13-9/h7-8H,3-6H2,1-2H3,(H,11,15)(H,12,13,14). The summed E-state index contributed by atoms with van der Waals surface area (Å²) in [5.41, 5.74) is 0.294. The lowest BCUT2D eigenvalue weighted by atomic mass is 10.1. The Labute approximate surface area is 94.8 Å². The quantitative estimate of drug-likeness (QED) is 0.667. The zero-order valence-electron chi connectivity index (χ0n) is 9.69. The molecule has 0 spiro atoms. The Bertz CT molecular complexity index is 298. The van der Waals surface area contributed by atoms with Gasteiger partial charge in [0.1, 0.15) is 0 Å². The molecular formula is C10H18N4O2. The minimum absolute atomic E-state index is 0.235. The van der Waals surface area contributed by atoms with E-state index in [-0.39, 0.29) is 5.91 Å². The molecule has 0 unspecified atom stereocenters. The molecule has 16 heavy (non-hydrogen) atoms. The van der Waals surface area contributed by atoms with Crippen molar-refractivity contribution in [1.82, 2.24) is 20.7 Å². The van der Waals surface area contributed by atoms with Gasteiger partial charge in [0, 0.05) is 13.2 Å². The minimum atomic E-state index is -0.235. The lowest BCUT2D eigenvalue weighted by Gasteiger charge is -2.06. The summed E-state index contributed by atoms with van der Waals surface area (Å²) >= 11 is 0. The second-order valence-electron chi connectivity index (χ2n) is 3.91. The zero-order chi connectivity index (χ0) is 11.8. The van der Waals surface area contributed by atoms with E-state index in [2.05, 4.69) is 34.6 Å². The van der Waals surface area contributed by atoms with Crippen molar-refractivity contribution in [3.8, 4) is 0 Å². The van der Waals surface area contributed by atoms with Gasteiger partial charge in [0.25, 0.3) is 5.91 Å². The fourth-order valence-electron chi connectivity index (χ4n) is 1.06. The van der Waals surface area contributed by atoms with Crippen LogP contribution >= 0.6 is 0 Å². The van der Waals surface area contributed by atoms with Crippen molar-refractivity contribution in [1.29, 1.82) is 0 Å². The topological polar surface area (TPSA) is 79.9 Å².